The molecule has 1 N–H and O–H groups in total. The van der Waals surface area contributed by atoms with E-state index in [1.54, 1.807) is 0 Å². The number of para-hydroxylation sites is 1. The number of rotatable bonds is 4. The Morgan fingerprint density at radius 2 is 1.61 bits per heavy atom. The number of hydrogen-bond donors (Lipinski definition) is 1. The summed E-state index contributed by atoms with van der Waals surface area (Å²) in [6, 6.07) is 24.2. The molecule has 0 saturated heterocycles. The first-order valence-electron chi connectivity index (χ1n) is 9.46. The molecule has 0 aliphatic heterocycles. The number of hydrogen-bond acceptors (Lipinski definition) is 2. The van der Waals surface area contributed by atoms with Gasteiger partial charge < -0.3 is 5.32 Å². The lowest BCUT2D eigenvalue weighted by molar-refractivity contribution is 0.0939. The molecule has 1 heterocycles. The molecule has 4 aromatic rings. The maximum absolute atomic E-state index is 13.1. The van der Waals surface area contributed by atoms with Crippen molar-refractivity contribution in [3.63, 3.8) is 0 Å². The molecule has 3 aromatic carbocycles. The van der Waals surface area contributed by atoms with Crippen molar-refractivity contribution >= 4 is 16.7 Å². The number of nitrogens with zero attached hydrogens (tertiary/aromatic N) is 2. The van der Waals surface area contributed by atoms with Crippen LogP contribution in [0.25, 0.3) is 16.5 Å². The number of nitrogens with one attached hydrogen (secondary N) is 1. The van der Waals surface area contributed by atoms with Crippen molar-refractivity contribution in [1.29, 1.82) is 0 Å². The molecule has 4 rings (SSSR count). The van der Waals surface area contributed by atoms with Gasteiger partial charge in [-0.3, -0.25) is 4.79 Å². The summed E-state index contributed by atoms with van der Waals surface area (Å²) in [6.45, 7) is 5.83. The van der Waals surface area contributed by atoms with Gasteiger partial charge in [0.2, 0.25) is 0 Å². The quantitative estimate of drug-likeness (QED) is 0.542. The number of aromatic nitrogens is 2. The van der Waals surface area contributed by atoms with Crippen LogP contribution in [-0.4, -0.2) is 15.7 Å². The van der Waals surface area contributed by atoms with Crippen LogP contribution in [0.2, 0.25) is 0 Å². The topological polar surface area (TPSA) is 46.9 Å². The molecule has 28 heavy (non-hydrogen) atoms. The van der Waals surface area contributed by atoms with Crippen LogP contribution in [0.5, 0.6) is 0 Å². The molecular weight excluding hydrogens is 346 g/mol. The highest BCUT2D eigenvalue weighted by Crippen LogP contribution is 2.25. The summed E-state index contributed by atoms with van der Waals surface area (Å²) in [5.41, 5.74) is 4.26. The zero-order valence-electron chi connectivity index (χ0n) is 16.3. The molecule has 0 bridgehead atoms. The second-order valence-electron chi connectivity index (χ2n) is 7.06. The highest BCUT2D eigenvalue weighted by molar-refractivity contribution is 5.97. The highest BCUT2D eigenvalue weighted by atomic mass is 16.1. The minimum atomic E-state index is -0.113. The van der Waals surface area contributed by atoms with Gasteiger partial charge in [-0.25, -0.2) is 4.68 Å². The number of carbonyl (C=O) groups is 1. The smallest absolute Gasteiger partial charge is 0.255 e. The molecule has 0 saturated carbocycles. The van der Waals surface area contributed by atoms with E-state index in [2.05, 4.69) is 34.7 Å². The molecule has 4 heteroatoms. The van der Waals surface area contributed by atoms with Crippen LogP contribution < -0.4 is 5.32 Å². The number of carbonyl (C=O) groups excluding carboxylic acids is 1. The van der Waals surface area contributed by atoms with E-state index >= 15 is 0 Å². The lowest BCUT2D eigenvalue weighted by Crippen LogP contribution is -2.27. The summed E-state index contributed by atoms with van der Waals surface area (Å²) in [6.07, 6.45) is 0. The number of amides is 1. The first-order valence-corrected chi connectivity index (χ1v) is 9.46. The van der Waals surface area contributed by atoms with Gasteiger partial charge in [0.05, 0.1) is 28.7 Å². The molecule has 0 radical (unpaired) electrons. The van der Waals surface area contributed by atoms with E-state index in [9.17, 15) is 4.79 Å². The fraction of sp³-hybridized carbons (Fsp3) is 0.167. The fourth-order valence-electron chi connectivity index (χ4n) is 3.77. The summed E-state index contributed by atoms with van der Waals surface area (Å²) in [7, 11) is 0. The third-order valence-corrected chi connectivity index (χ3v) is 5.16. The summed E-state index contributed by atoms with van der Waals surface area (Å²) < 4.78 is 1.83. The van der Waals surface area contributed by atoms with E-state index in [0.717, 1.165) is 28.0 Å². The van der Waals surface area contributed by atoms with Gasteiger partial charge in [0.1, 0.15) is 0 Å². The Balaban J connectivity index is 1.65. The minimum Gasteiger partial charge on any atom is -0.345 e. The maximum Gasteiger partial charge on any atom is 0.255 e. The maximum atomic E-state index is 13.1. The molecule has 0 aliphatic carbocycles. The van der Waals surface area contributed by atoms with Gasteiger partial charge in [-0.05, 0) is 49.2 Å². The first-order chi connectivity index (χ1) is 13.6. The van der Waals surface area contributed by atoms with E-state index in [1.165, 1.54) is 5.39 Å². The minimum absolute atomic E-state index is 0.0994. The molecule has 1 aromatic heterocycles. The van der Waals surface area contributed by atoms with Crippen molar-refractivity contribution in [1.82, 2.24) is 15.1 Å². The summed E-state index contributed by atoms with van der Waals surface area (Å²) in [5, 5.41) is 10.1. The van der Waals surface area contributed by atoms with Crippen LogP contribution in [-0.2, 0) is 0 Å². The van der Waals surface area contributed by atoms with Crippen LogP contribution >= 0.6 is 0 Å². The third-order valence-electron chi connectivity index (χ3n) is 5.16. The number of fused-ring (bicyclic) bond motifs is 1. The molecular formula is C24H23N3O. The summed E-state index contributed by atoms with van der Waals surface area (Å²) in [5.74, 6) is -0.0994. The zero-order valence-corrected chi connectivity index (χ0v) is 16.3. The lowest BCUT2D eigenvalue weighted by atomic mass is 9.99. The predicted molar refractivity (Wildman–Crippen MR) is 113 cm³/mol. The van der Waals surface area contributed by atoms with Crippen LogP contribution in [0.3, 0.4) is 0 Å². The van der Waals surface area contributed by atoms with Crippen LogP contribution in [0.4, 0.5) is 0 Å². The van der Waals surface area contributed by atoms with E-state index in [0.29, 0.717) is 5.56 Å². The van der Waals surface area contributed by atoms with Crippen molar-refractivity contribution in [3.8, 4) is 5.69 Å². The summed E-state index contributed by atoms with van der Waals surface area (Å²) >= 11 is 0. The monoisotopic (exact) mass is 369 g/mol. The SMILES string of the molecule is Cc1nn(-c2ccccc2)c(C)c1C(=O)NC(C)c1cccc2ccccc12. The van der Waals surface area contributed by atoms with Crippen LogP contribution in [0.15, 0.2) is 72.8 Å². The standard InChI is InChI=1S/C24H23N3O/c1-16(21-15-9-11-19-10-7-8-14-22(19)21)25-24(28)23-17(2)26-27(18(23)3)20-12-5-4-6-13-20/h4-16H,1-3H3,(H,25,28). The Labute approximate surface area is 164 Å². The van der Waals surface area contributed by atoms with E-state index in [-0.39, 0.29) is 11.9 Å². The lowest BCUT2D eigenvalue weighted by Gasteiger charge is -2.17. The average Bonchev–Trinajstić information content (AvgIpc) is 3.02. The largest absolute Gasteiger partial charge is 0.345 e. The zero-order chi connectivity index (χ0) is 19.7. The highest BCUT2D eigenvalue weighted by Gasteiger charge is 2.21. The second-order valence-corrected chi connectivity index (χ2v) is 7.06. The molecule has 140 valence electrons. The first kappa shape index (κ1) is 18.0. The van der Waals surface area contributed by atoms with E-state index < -0.39 is 0 Å². The Hall–Kier alpha value is -3.40. The third kappa shape index (κ3) is 3.18. The molecule has 4 nitrogen and oxygen atoms in total. The molecule has 0 spiro atoms. The number of aryl methyl sites for hydroxylation is 1. The van der Waals surface area contributed by atoms with Gasteiger partial charge in [-0.2, -0.15) is 5.10 Å². The normalized spacial score (nSPS) is 12.1. The van der Waals surface area contributed by atoms with Crippen LogP contribution in [0, 0.1) is 13.8 Å². The Morgan fingerprint density at radius 1 is 0.929 bits per heavy atom. The van der Waals surface area contributed by atoms with Gasteiger partial charge in [0, 0.05) is 0 Å². The molecule has 1 unspecified atom stereocenters. The molecule has 1 amide bonds. The van der Waals surface area contributed by atoms with Crippen LogP contribution in [0.1, 0.15) is 40.3 Å². The van der Waals surface area contributed by atoms with E-state index in [4.69, 9.17) is 0 Å². The summed E-state index contributed by atoms with van der Waals surface area (Å²) in [4.78, 5) is 13.1. The van der Waals surface area contributed by atoms with Gasteiger partial charge in [0.25, 0.3) is 5.91 Å². The van der Waals surface area contributed by atoms with E-state index in [1.807, 2.05) is 74.0 Å². The second kappa shape index (κ2) is 7.31. The fourth-order valence-corrected chi connectivity index (χ4v) is 3.77. The average molecular weight is 369 g/mol. The van der Waals surface area contributed by atoms with Crippen molar-refractivity contribution in [2.75, 3.05) is 0 Å². The van der Waals surface area contributed by atoms with Crippen molar-refractivity contribution in [2.24, 2.45) is 0 Å². The Kier molecular flexibility index (Phi) is 4.70. The number of benzene rings is 3. The predicted octanol–water partition coefficient (Wildman–Crippen LogP) is 5.13. The van der Waals surface area contributed by atoms with Crippen molar-refractivity contribution in [3.05, 3.63) is 95.3 Å². The van der Waals surface area contributed by atoms with Gasteiger partial charge in [-0.1, -0.05) is 60.7 Å². The Bertz CT molecular complexity index is 1140. The van der Waals surface area contributed by atoms with Gasteiger partial charge in [0.15, 0.2) is 0 Å². The van der Waals surface area contributed by atoms with Crippen molar-refractivity contribution < 1.29 is 4.79 Å². The Morgan fingerprint density at radius 3 is 2.39 bits per heavy atom. The molecule has 0 aliphatic rings. The van der Waals surface area contributed by atoms with Gasteiger partial charge >= 0.3 is 0 Å². The molecule has 0 fully saturated rings. The van der Waals surface area contributed by atoms with Gasteiger partial charge in [-0.15, -0.1) is 0 Å². The van der Waals surface area contributed by atoms with Crippen molar-refractivity contribution in [2.45, 2.75) is 26.8 Å². The molecule has 1 atom stereocenters.